The first-order chi connectivity index (χ1) is 14.6. The van der Waals surface area contributed by atoms with Crippen molar-refractivity contribution in [3.63, 3.8) is 0 Å². The Bertz CT molecular complexity index is 953. The lowest BCUT2D eigenvalue weighted by molar-refractivity contribution is -0.185. The second kappa shape index (κ2) is 10.7. The fraction of sp³-hybridized carbons (Fsp3) is 0.409. The van der Waals surface area contributed by atoms with Gasteiger partial charge in [-0.2, -0.15) is 0 Å². The molecule has 1 aromatic rings. The lowest BCUT2D eigenvalue weighted by Gasteiger charge is -2.31. The van der Waals surface area contributed by atoms with Crippen molar-refractivity contribution in [3.05, 3.63) is 56.3 Å². The zero-order valence-corrected chi connectivity index (χ0v) is 19.3. The Kier molecular flexibility index (Phi) is 8.53. The highest BCUT2D eigenvalue weighted by Crippen LogP contribution is 2.43. The maximum absolute atomic E-state index is 13.2. The van der Waals surface area contributed by atoms with Crippen LogP contribution in [0.4, 0.5) is 0 Å². The van der Waals surface area contributed by atoms with Crippen LogP contribution >= 0.6 is 23.2 Å². The van der Waals surface area contributed by atoms with Gasteiger partial charge in [-0.05, 0) is 31.9 Å². The first-order valence-electron chi connectivity index (χ1n) is 9.88. The number of esters is 2. The van der Waals surface area contributed by atoms with E-state index in [0.717, 1.165) is 0 Å². The van der Waals surface area contributed by atoms with E-state index in [1.165, 1.54) is 0 Å². The summed E-state index contributed by atoms with van der Waals surface area (Å²) < 4.78 is 10.7. The molecule has 0 saturated heterocycles. The largest absolute Gasteiger partial charge is 0.478 e. The Balaban J connectivity index is 2.50. The summed E-state index contributed by atoms with van der Waals surface area (Å²) in [7, 11) is 0. The summed E-state index contributed by atoms with van der Waals surface area (Å²) in [6, 6.07) is 4.81. The molecule has 0 aromatic heterocycles. The molecule has 0 bridgehead atoms. The fourth-order valence-electron chi connectivity index (χ4n) is 3.39. The number of allylic oxidation sites excluding steroid dienone is 2. The summed E-state index contributed by atoms with van der Waals surface area (Å²) >= 11 is 12.5. The van der Waals surface area contributed by atoms with Crippen molar-refractivity contribution >= 4 is 41.1 Å². The standard InChI is InChI=1S/C22H25Cl2NO6/c1-5-8-15(26)30-16(6-2)31-22(29)18-12(4)25-11(3)17(21(27)28)19(18)13-9-7-10-14(23)20(13)24/h7,9-10,16,19,25H,5-6,8H2,1-4H3,(H,27,28). The van der Waals surface area contributed by atoms with Gasteiger partial charge < -0.3 is 19.9 Å². The van der Waals surface area contributed by atoms with Gasteiger partial charge in [0.2, 0.25) is 6.29 Å². The van der Waals surface area contributed by atoms with E-state index in [1.54, 1.807) is 39.0 Å². The van der Waals surface area contributed by atoms with Crippen molar-refractivity contribution in [1.29, 1.82) is 0 Å². The molecule has 2 unspecified atom stereocenters. The van der Waals surface area contributed by atoms with Crippen LogP contribution in [-0.2, 0) is 23.9 Å². The number of hydrogen-bond donors (Lipinski definition) is 2. The Labute approximate surface area is 191 Å². The van der Waals surface area contributed by atoms with E-state index in [1.807, 2.05) is 6.92 Å². The zero-order valence-electron chi connectivity index (χ0n) is 17.8. The average molecular weight is 470 g/mol. The van der Waals surface area contributed by atoms with Gasteiger partial charge in [0.1, 0.15) is 0 Å². The SMILES string of the molecule is CCCC(=O)OC(CC)OC(=O)C1=C(C)NC(C)=C(C(=O)O)C1c1cccc(Cl)c1Cl. The van der Waals surface area contributed by atoms with Crippen LogP contribution in [0.3, 0.4) is 0 Å². The number of aliphatic carboxylic acids is 1. The van der Waals surface area contributed by atoms with Crippen LogP contribution in [-0.4, -0.2) is 29.3 Å². The van der Waals surface area contributed by atoms with Crippen molar-refractivity contribution in [2.75, 3.05) is 0 Å². The van der Waals surface area contributed by atoms with Crippen LogP contribution in [0.2, 0.25) is 10.0 Å². The van der Waals surface area contributed by atoms with Gasteiger partial charge in [-0.15, -0.1) is 0 Å². The van der Waals surface area contributed by atoms with E-state index in [2.05, 4.69) is 5.32 Å². The highest BCUT2D eigenvalue weighted by Gasteiger charge is 2.39. The summed E-state index contributed by atoms with van der Waals surface area (Å²) in [6.07, 6.45) is -0.0609. The van der Waals surface area contributed by atoms with Gasteiger partial charge in [-0.25, -0.2) is 9.59 Å². The molecule has 2 N–H and O–H groups in total. The Morgan fingerprint density at radius 1 is 1.10 bits per heavy atom. The lowest BCUT2D eigenvalue weighted by Crippen LogP contribution is -2.34. The molecule has 2 rings (SSSR count). The molecule has 0 radical (unpaired) electrons. The van der Waals surface area contributed by atoms with Crippen molar-refractivity contribution < 1.29 is 29.0 Å². The molecule has 1 aromatic carbocycles. The van der Waals surface area contributed by atoms with E-state index < -0.39 is 30.1 Å². The number of nitrogens with one attached hydrogen (secondary N) is 1. The minimum absolute atomic E-state index is 0.0529. The Morgan fingerprint density at radius 3 is 2.32 bits per heavy atom. The number of benzene rings is 1. The molecule has 9 heteroatoms. The van der Waals surface area contributed by atoms with E-state index in [-0.39, 0.29) is 34.0 Å². The van der Waals surface area contributed by atoms with E-state index in [9.17, 15) is 19.5 Å². The number of halogens is 2. The van der Waals surface area contributed by atoms with Crippen LogP contribution in [0.1, 0.15) is 58.4 Å². The molecule has 0 aliphatic carbocycles. The zero-order chi connectivity index (χ0) is 23.3. The Hall–Kier alpha value is -2.51. The van der Waals surface area contributed by atoms with E-state index in [0.29, 0.717) is 23.4 Å². The highest BCUT2D eigenvalue weighted by molar-refractivity contribution is 6.42. The maximum Gasteiger partial charge on any atom is 0.339 e. The third kappa shape index (κ3) is 5.60. The maximum atomic E-state index is 13.2. The smallest absolute Gasteiger partial charge is 0.339 e. The van der Waals surface area contributed by atoms with Crippen LogP contribution in [0, 0.1) is 0 Å². The van der Waals surface area contributed by atoms with Gasteiger partial charge in [0.05, 0.1) is 27.1 Å². The number of hydrogen-bond acceptors (Lipinski definition) is 6. The molecule has 0 spiro atoms. The molecular formula is C22H25Cl2NO6. The molecule has 168 valence electrons. The van der Waals surface area contributed by atoms with Crippen LogP contribution < -0.4 is 5.32 Å². The van der Waals surface area contributed by atoms with Crippen molar-refractivity contribution in [1.82, 2.24) is 5.32 Å². The predicted octanol–water partition coefficient (Wildman–Crippen LogP) is 4.94. The minimum Gasteiger partial charge on any atom is -0.478 e. The van der Waals surface area contributed by atoms with Crippen LogP contribution in [0.5, 0.6) is 0 Å². The number of dihydropyridines is 1. The first kappa shape index (κ1) is 24.8. The molecular weight excluding hydrogens is 445 g/mol. The van der Waals surface area contributed by atoms with Gasteiger partial charge >= 0.3 is 17.9 Å². The third-order valence-corrected chi connectivity index (χ3v) is 5.63. The molecule has 1 heterocycles. The molecule has 7 nitrogen and oxygen atoms in total. The predicted molar refractivity (Wildman–Crippen MR) is 117 cm³/mol. The minimum atomic E-state index is -1.22. The highest BCUT2D eigenvalue weighted by atomic mass is 35.5. The first-order valence-corrected chi connectivity index (χ1v) is 10.6. The molecule has 0 fully saturated rings. The molecule has 31 heavy (non-hydrogen) atoms. The number of rotatable bonds is 8. The van der Waals surface area contributed by atoms with Crippen molar-refractivity contribution in [2.24, 2.45) is 0 Å². The number of carbonyl (C=O) groups is 3. The van der Waals surface area contributed by atoms with Gasteiger partial charge in [0.25, 0.3) is 0 Å². The second-order valence-electron chi connectivity index (χ2n) is 7.07. The van der Waals surface area contributed by atoms with Gasteiger partial charge in [-0.1, -0.05) is 49.2 Å². The molecule has 0 amide bonds. The quantitative estimate of drug-likeness (QED) is 0.410. The van der Waals surface area contributed by atoms with Crippen molar-refractivity contribution in [3.8, 4) is 0 Å². The van der Waals surface area contributed by atoms with Crippen LogP contribution in [0.15, 0.2) is 40.7 Å². The van der Waals surface area contributed by atoms with Crippen molar-refractivity contribution in [2.45, 2.75) is 59.2 Å². The van der Waals surface area contributed by atoms with Gasteiger partial charge in [-0.3, -0.25) is 4.79 Å². The topological polar surface area (TPSA) is 102 Å². The number of carbonyl (C=O) groups excluding carboxylic acids is 2. The summed E-state index contributed by atoms with van der Waals surface area (Å²) in [5.41, 5.74) is 1.12. The monoisotopic (exact) mass is 469 g/mol. The van der Waals surface area contributed by atoms with E-state index >= 15 is 0 Å². The molecule has 0 saturated carbocycles. The lowest BCUT2D eigenvalue weighted by atomic mass is 9.80. The summed E-state index contributed by atoms with van der Waals surface area (Å²) in [5.74, 6) is -3.54. The molecule has 2 atom stereocenters. The number of ether oxygens (including phenoxy) is 2. The molecule has 1 aliphatic rings. The van der Waals surface area contributed by atoms with Gasteiger partial charge in [0.15, 0.2) is 0 Å². The second-order valence-corrected chi connectivity index (χ2v) is 7.85. The Morgan fingerprint density at radius 2 is 1.74 bits per heavy atom. The average Bonchev–Trinajstić information content (AvgIpc) is 2.68. The van der Waals surface area contributed by atoms with Crippen LogP contribution in [0.25, 0.3) is 0 Å². The number of carboxylic acids is 1. The summed E-state index contributed by atoms with van der Waals surface area (Å²) in [5, 5.41) is 13.2. The normalized spacial score (nSPS) is 17.2. The van der Waals surface area contributed by atoms with E-state index in [4.69, 9.17) is 32.7 Å². The molecule has 1 aliphatic heterocycles. The third-order valence-electron chi connectivity index (χ3n) is 4.79. The summed E-state index contributed by atoms with van der Waals surface area (Å²) in [4.78, 5) is 37.1. The van der Waals surface area contributed by atoms with Gasteiger partial charge in [0, 0.05) is 24.2 Å². The fourth-order valence-corrected chi connectivity index (χ4v) is 3.80. The summed E-state index contributed by atoms with van der Waals surface area (Å²) in [6.45, 7) is 6.77. The number of carboxylic acid groups (broad SMARTS) is 1.